The molecular formula is C22H27N3O2. The van der Waals surface area contributed by atoms with Crippen molar-refractivity contribution in [3.8, 4) is 0 Å². The summed E-state index contributed by atoms with van der Waals surface area (Å²) in [6.45, 7) is 4.62. The number of likely N-dealkylation sites (tertiary alicyclic amines) is 1. The monoisotopic (exact) mass is 365 g/mol. The first-order chi connectivity index (χ1) is 13.2. The number of benzene rings is 2. The second-order valence-corrected chi connectivity index (χ2v) is 7.05. The zero-order chi connectivity index (χ0) is 19.1. The standard InChI is InChI=1S/C22H27N3O2/c1-2-17-10-12-19(13-11-17)21(26)23-24-22(27)20-9-6-14-25(16-20)15-18-7-4-3-5-8-18/h3-5,7-8,10-13,20H,2,6,9,14-16H2,1H3,(H,23,26)(H,24,27). The second-order valence-electron chi connectivity index (χ2n) is 7.05. The van der Waals surface area contributed by atoms with Crippen LogP contribution in [0.1, 0.15) is 41.3 Å². The molecule has 0 bridgehead atoms. The maximum absolute atomic E-state index is 12.5. The summed E-state index contributed by atoms with van der Waals surface area (Å²) in [4.78, 5) is 27.0. The Morgan fingerprint density at radius 3 is 2.44 bits per heavy atom. The van der Waals surface area contributed by atoms with E-state index in [0.717, 1.165) is 32.4 Å². The SMILES string of the molecule is CCc1ccc(C(=O)NNC(=O)C2CCCN(Cc3ccccc3)C2)cc1. The molecule has 5 heteroatoms. The Morgan fingerprint density at radius 2 is 1.74 bits per heavy atom. The molecule has 0 aliphatic carbocycles. The molecule has 1 aliphatic rings. The van der Waals surface area contributed by atoms with Gasteiger partial charge in [-0.2, -0.15) is 0 Å². The molecule has 2 aromatic rings. The van der Waals surface area contributed by atoms with Crippen LogP contribution < -0.4 is 10.9 Å². The number of nitrogens with one attached hydrogen (secondary N) is 2. The van der Waals surface area contributed by atoms with Gasteiger partial charge in [-0.25, -0.2) is 0 Å². The van der Waals surface area contributed by atoms with Crippen molar-refractivity contribution in [1.82, 2.24) is 15.8 Å². The first-order valence-electron chi connectivity index (χ1n) is 9.61. The molecule has 2 aromatic carbocycles. The van der Waals surface area contributed by atoms with Crippen LogP contribution in [0.15, 0.2) is 54.6 Å². The fraction of sp³-hybridized carbons (Fsp3) is 0.364. The minimum Gasteiger partial charge on any atom is -0.298 e. The van der Waals surface area contributed by atoms with Crippen molar-refractivity contribution in [3.63, 3.8) is 0 Å². The largest absolute Gasteiger partial charge is 0.298 e. The minimum atomic E-state index is -0.289. The molecule has 5 nitrogen and oxygen atoms in total. The van der Waals surface area contributed by atoms with Gasteiger partial charge in [-0.15, -0.1) is 0 Å². The van der Waals surface area contributed by atoms with E-state index in [1.165, 1.54) is 11.1 Å². The second kappa shape index (κ2) is 9.33. The Kier molecular flexibility index (Phi) is 6.60. The molecule has 1 heterocycles. The fourth-order valence-corrected chi connectivity index (χ4v) is 3.44. The molecule has 1 fully saturated rings. The number of hydrazine groups is 1. The third-order valence-electron chi connectivity index (χ3n) is 5.05. The number of hydrogen-bond acceptors (Lipinski definition) is 3. The summed E-state index contributed by atoms with van der Waals surface area (Å²) >= 11 is 0. The fourth-order valence-electron chi connectivity index (χ4n) is 3.44. The van der Waals surface area contributed by atoms with Gasteiger partial charge in [-0.1, -0.05) is 49.4 Å². The number of aryl methyl sites for hydroxylation is 1. The number of carbonyl (C=O) groups is 2. The smallest absolute Gasteiger partial charge is 0.269 e. The predicted octanol–water partition coefficient (Wildman–Crippen LogP) is 2.92. The summed E-state index contributed by atoms with van der Waals surface area (Å²) in [7, 11) is 0. The Balaban J connectivity index is 1.48. The van der Waals surface area contributed by atoms with Crippen LogP contribution in [0.5, 0.6) is 0 Å². The van der Waals surface area contributed by atoms with Gasteiger partial charge < -0.3 is 0 Å². The highest BCUT2D eigenvalue weighted by atomic mass is 16.2. The van der Waals surface area contributed by atoms with Crippen LogP contribution >= 0.6 is 0 Å². The molecule has 2 N–H and O–H groups in total. The summed E-state index contributed by atoms with van der Waals surface area (Å²) < 4.78 is 0. The van der Waals surface area contributed by atoms with Gasteiger partial charge in [0.25, 0.3) is 5.91 Å². The van der Waals surface area contributed by atoms with E-state index in [9.17, 15) is 9.59 Å². The molecule has 142 valence electrons. The summed E-state index contributed by atoms with van der Waals surface area (Å²) in [6.07, 6.45) is 2.76. The maximum Gasteiger partial charge on any atom is 0.269 e. The molecule has 0 aromatic heterocycles. The van der Waals surface area contributed by atoms with Crippen molar-refractivity contribution in [2.24, 2.45) is 5.92 Å². The van der Waals surface area contributed by atoms with Gasteiger partial charge in [0, 0.05) is 18.7 Å². The van der Waals surface area contributed by atoms with E-state index in [2.05, 4.69) is 34.8 Å². The average molecular weight is 365 g/mol. The number of amides is 2. The number of hydrogen-bond donors (Lipinski definition) is 2. The predicted molar refractivity (Wildman–Crippen MR) is 106 cm³/mol. The van der Waals surface area contributed by atoms with Gasteiger partial charge in [-0.3, -0.25) is 25.3 Å². The molecule has 3 rings (SSSR count). The van der Waals surface area contributed by atoms with E-state index < -0.39 is 0 Å². The molecular weight excluding hydrogens is 338 g/mol. The third-order valence-corrected chi connectivity index (χ3v) is 5.05. The molecule has 2 amide bonds. The van der Waals surface area contributed by atoms with Crippen molar-refractivity contribution in [2.45, 2.75) is 32.7 Å². The Hall–Kier alpha value is -2.66. The molecule has 1 unspecified atom stereocenters. The highest BCUT2D eigenvalue weighted by Crippen LogP contribution is 2.18. The number of carbonyl (C=O) groups excluding carboxylic acids is 2. The average Bonchev–Trinajstić information content (AvgIpc) is 2.72. The van der Waals surface area contributed by atoms with E-state index in [4.69, 9.17) is 0 Å². The van der Waals surface area contributed by atoms with Crippen LogP contribution in [0.25, 0.3) is 0 Å². The van der Waals surface area contributed by atoms with E-state index in [-0.39, 0.29) is 17.7 Å². The lowest BCUT2D eigenvalue weighted by Gasteiger charge is -2.32. The topological polar surface area (TPSA) is 61.4 Å². The van der Waals surface area contributed by atoms with E-state index in [1.807, 2.05) is 30.3 Å². The van der Waals surface area contributed by atoms with Crippen LogP contribution in [0.2, 0.25) is 0 Å². The Labute approximate surface area is 160 Å². The van der Waals surface area contributed by atoms with Crippen LogP contribution in [0, 0.1) is 5.92 Å². The van der Waals surface area contributed by atoms with Gasteiger partial charge in [-0.05, 0) is 49.1 Å². The van der Waals surface area contributed by atoms with Gasteiger partial charge >= 0.3 is 0 Å². The van der Waals surface area contributed by atoms with Gasteiger partial charge in [0.2, 0.25) is 5.91 Å². The molecule has 27 heavy (non-hydrogen) atoms. The number of piperidine rings is 1. The summed E-state index contributed by atoms with van der Waals surface area (Å²) in [5, 5.41) is 0. The highest BCUT2D eigenvalue weighted by molar-refractivity contribution is 5.95. The molecule has 0 saturated carbocycles. The number of nitrogens with zero attached hydrogens (tertiary/aromatic N) is 1. The van der Waals surface area contributed by atoms with Gasteiger partial charge in [0.05, 0.1) is 5.92 Å². The highest BCUT2D eigenvalue weighted by Gasteiger charge is 2.26. The maximum atomic E-state index is 12.5. The van der Waals surface area contributed by atoms with Crippen LogP contribution in [-0.2, 0) is 17.8 Å². The Morgan fingerprint density at radius 1 is 1.00 bits per heavy atom. The molecule has 0 spiro atoms. The number of rotatable bonds is 5. The first-order valence-corrected chi connectivity index (χ1v) is 9.61. The summed E-state index contributed by atoms with van der Waals surface area (Å²) in [5.74, 6) is -0.514. The first kappa shape index (κ1) is 19.1. The van der Waals surface area contributed by atoms with Gasteiger partial charge in [0.1, 0.15) is 0 Å². The molecule has 1 saturated heterocycles. The lowest BCUT2D eigenvalue weighted by Crippen LogP contribution is -2.48. The quantitative estimate of drug-likeness (QED) is 0.801. The summed E-state index contributed by atoms with van der Waals surface area (Å²) in [6, 6.07) is 17.7. The minimum absolute atomic E-state index is 0.106. The van der Waals surface area contributed by atoms with Crippen molar-refractivity contribution >= 4 is 11.8 Å². The van der Waals surface area contributed by atoms with Crippen molar-refractivity contribution in [3.05, 3.63) is 71.3 Å². The summed E-state index contributed by atoms with van der Waals surface area (Å²) in [5.41, 5.74) is 8.11. The third kappa shape index (κ3) is 5.41. The zero-order valence-corrected chi connectivity index (χ0v) is 15.8. The van der Waals surface area contributed by atoms with E-state index in [0.29, 0.717) is 12.1 Å². The zero-order valence-electron chi connectivity index (χ0n) is 15.8. The normalized spacial score (nSPS) is 17.3. The molecule has 0 radical (unpaired) electrons. The van der Waals surface area contributed by atoms with Crippen molar-refractivity contribution in [2.75, 3.05) is 13.1 Å². The van der Waals surface area contributed by atoms with Crippen molar-refractivity contribution in [1.29, 1.82) is 0 Å². The van der Waals surface area contributed by atoms with Crippen LogP contribution in [0.3, 0.4) is 0 Å². The van der Waals surface area contributed by atoms with E-state index >= 15 is 0 Å². The van der Waals surface area contributed by atoms with Crippen LogP contribution in [0.4, 0.5) is 0 Å². The lowest BCUT2D eigenvalue weighted by molar-refractivity contribution is -0.127. The van der Waals surface area contributed by atoms with Crippen molar-refractivity contribution < 1.29 is 9.59 Å². The Bertz CT molecular complexity index is 759. The van der Waals surface area contributed by atoms with Gasteiger partial charge in [0.15, 0.2) is 0 Å². The lowest BCUT2D eigenvalue weighted by atomic mass is 9.97. The van der Waals surface area contributed by atoms with E-state index in [1.54, 1.807) is 12.1 Å². The molecule has 1 aliphatic heterocycles. The molecule has 1 atom stereocenters. The van der Waals surface area contributed by atoms with Crippen LogP contribution in [-0.4, -0.2) is 29.8 Å².